The molecule has 1 heterocycles. The first kappa shape index (κ1) is 15.4. The van der Waals surface area contributed by atoms with Gasteiger partial charge in [0, 0.05) is 0 Å². The molecule has 0 aliphatic rings. The van der Waals surface area contributed by atoms with Crippen molar-refractivity contribution in [1.29, 1.82) is 0 Å². The molecule has 2 rings (SSSR count). The fraction of sp³-hybridized carbons (Fsp3) is 0.0909. The SMILES string of the molecule is Cc1[nH]nc(C(=O)O)c1S(=O)(=O)Nc1ccc(Br)c(F)c1. The molecule has 2 aromatic rings. The number of aryl methyl sites for hydroxylation is 1. The number of nitrogens with one attached hydrogen (secondary N) is 2. The molecule has 7 nitrogen and oxygen atoms in total. The van der Waals surface area contributed by atoms with E-state index in [4.69, 9.17) is 5.11 Å². The molecule has 0 atom stereocenters. The fourth-order valence-electron chi connectivity index (χ4n) is 1.66. The van der Waals surface area contributed by atoms with Crippen molar-refractivity contribution in [2.45, 2.75) is 11.8 Å². The Hall–Kier alpha value is -1.94. The van der Waals surface area contributed by atoms with Crippen molar-refractivity contribution < 1.29 is 22.7 Å². The third-order valence-corrected chi connectivity index (χ3v) is 4.72. The summed E-state index contributed by atoms with van der Waals surface area (Å²) in [6.45, 7) is 1.37. The number of aromatic amines is 1. The van der Waals surface area contributed by atoms with E-state index < -0.39 is 32.4 Å². The lowest BCUT2D eigenvalue weighted by atomic mass is 10.3. The van der Waals surface area contributed by atoms with Gasteiger partial charge in [0.15, 0.2) is 5.69 Å². The number of hydrogen-bond acceptors (Lipinski definition) is 4. The number of hydrogen-bond donors (Lipinski definition) is 3. The average molecular weight is 378 g/mol. The Bertz CT molecular complexity index is 819. The highest BCUT2D eigenvalue weighted by molar-refractivity contribution is 9.10. The van der Waals surface area contributed by atoms with Crippen LogP contribution in [0.1, 0.15) is 16.2 Å². The van der Waals surface area contributed by atoms with Crippen molar-refractivity contribution in [3.63, 3.8) is 0 Å². The van der Waals surface area contributed by atoms with Crippen LogP contribution in [0.25, 0.3) is 0 Å². The Morgan fingerprint density at radius 3 is 2.71 bits per heavy atom. The van der Waals surface area contributed by atoms with Gasteiger partial charge in [-0.1, -0.05) is 0 Å². The van der Waals surface area contributed by atoms with Gasteiger partial charge in [-0.2, -0.15) is 5.10 Å². The summed E-state index contributed by atoms with van der Waals surface area (Å²) in [6, 6.07) is 3.63. The minimum Gasteiger partial charge on any atom is -0.476 e. The number of carbonyl (C=O) groups is 1. The first-order chi connectivity index (χ1) is 9.72. The van der Waals surface area contributed by atoms with Crippen LogP contribution in [-0.2, 0) is 10.0 Å². The van der Waals surface area contributed by atoms with E-state index in [9.17, 15) is 17.6 Å². The Morgan fingerprint density at radius 2 is 2.14 bits per heavy atom. The van der Waals surface area contributed by atoms with E-state index in [-0.39, 0.29) is 15.9 Å². The van der Waals surface area contributed by atoms with Gasteiger partial charge >= 0.3 is 5.97 Å². The number of aromatic carboxylic acids is 1. The smallest absolute Gasteiger partial charge is 0.357 e. The van der Waals surface area contributed by atoms with Crippen molar-refractivity contribution in [2.24, 2.45) is 0 Å². The van der Waals surface area contributed by atoms with Crippen molar-refractivity contribution in [1.82, 2.24) is 10.2 Å². The zero-order chi connectivity index (χ0) is 15.8. The molecule has 1 aromatic heterocycles. The van der Waals surface area contributed by atoms with Crippen molar-refractivity contribution in [3.05, 3.63) is 39.9 Å². The Morgan fingerprint density at radius 1 is 1.48 bits per heavy atom. The van der Waals surface area contributed by atoms with Gasteiger partial charge in [-0.3, -0.25) is 9.82 Å². The predicted molar refractivity (Wildman–Crippen MR) is 75.2 cm³/mol. The molecule has 21 heavy (non-hydrogen) atoms. The first-order valence-corrected chi connectivity index (χ1v) is 7.76. The lowest BCUT2D eigenvalue weighted by Gasteiger charge is -2.08. The maximum absolute atomic E-state index is 13.4. The number of halogens is 2. The molecular formula is C11H9BrFN3O4S. The lowest BCUT2D eigenvalue weighted by Crippen LogP contribution is -2.17. The molecule has 0 aliphatic heterocycles. The molecule has 10 heteroatoms. The highest BCUT2D eigenvalue weighted by Gasteiger charge is 2.28. The Labute approximate surface area is 127 Å². The molecule has 0 saturated carbocycles. The standard InChI is InChI=1S/C11H9BrFN3O4S/c1-5-10(9(11(17)18)15-14-5)21(19,20)16-6-2-3-7(12)8(13)4-6/h2-4,16H,1H3,(H,14,15)(H,17,18). The van der Waals surface area contributed by atoms with Crippen LogP contribution in [0.15, 0.2) is 27.6 Å². The highest BCUT2D eigenvalue weighted by Crippen LogP contribution is 2.24. The summed E-state index contributed by atoms with van der Waals surface area (Å²) < 4.78 is 40.2. The lowest BCUT2D eigenvalue weighted by molar-refractivity contribution is 0.0686. The van der Waals surface area contributed by atoms with Gasteiger partial charge in [-0.15, -0.1) is 0 Å². The third kappa shape index (κ3) is 3.05. The number of aromatic nitrogens is 2. The molecular weight excluding hydrogens is 369 g/mol. The van der Waals surface area contributed by atoms with Gasteiger partial charge in [0.1, 0.15) is 10.7 Å². The van der Waals surface area contributed by atoms with E-state index >= 15 is 0 Å². The van der Waals surface area contributed by atoms with Crippen LogP contribution >= 0.6 is 15.9 Å². The molecule has 1 aromatic carbocycles. The molecule has 112 valence electrons. The minimum absolute atomic E-state index is 0.0346. The zero-order valence-corrected chi connectivity index (χ0v) is 12.9. The predicted octanol–water partition coefficient (Wildman–Crippen LogP) is 2.12. The van der Waals surface area contributed by atoms with Gasteiger partial charge in [-0.05, 0) is 41.1 Å². The number of carboxylic acid groups (broad SMARTS) is 1. The van der Waals surface area contributed by atoms with E-state index in [0.717, 1.165) is 6.07 Å². The Kier molecular flexibility index (Phi) is 4.01. The topological polar surface area (TPSA) is 112 Å². The van der Waals surface area contributed by atoms with E-state index in [1.165, 1.54) is 19.1 Å². The van der Waals surface area contributed by atoms with Crippen LogP contribution in [0.4, 0.5) is 10.1 Å². The number of carboxylic acids is 1. The van der Waals surface area contributed by atoms with E-state index in [0.29, 0.717) is 0 Å². The van der Waals surface area contributed by atoms with Crippen LogP contribution < -0.4 is 4.72 Å². The van der Waals surface area contributed by atoms with Gasteiger partial charge < -0.3 is 5.11 Å². The first-order valence-electron chi connectivity index (χ1n) is 5.48. The van der Waals surface area contributed by atoms with Gasteiger partial charge in [0.25, 0.3) is 10.0 Å². The quantitative estimate of drug-likeness (QED) is 0.755. The van der Waals surface area contributed by atoms with Crippen LogP contribution in [0.5, 0.6) is 0 Å². The maximum Gasteiger partial charge on any atom is 0.357 e. The van der Waals surface area contributed by atoms with E-state index in [2.05, 4.69) is 30.8 Å². The summed E-state index contributed by atoms with van der Waals surface area (Å²) in [5.41, 5.74) is -0.595. The molecule has 0 aliphatic carbocycles. The van der Waals surface area contributed by atoms with Crippen LogP contribution in [-0.4, -0.2) is 29.7 Å². The summed E-state index contributed by atoms with van der Waals surface area (Å²) in [4.78, 5) is 10.5. The van der Waals surface area contributed by atoms with Gasteiger partial charge in [-0.25, -0.2) is 17.6 Å². The molecule has 0 fully saturated rings. The van der Waals surface area contributed by atoms with Crippen LogP contribution in [0, 0.1) is 12.7 Å². The second-order valence-corrected chi connectivity index (χ2v) is 6.54. The number of anilines is 1. The molecule has 0 bridgehead atoms. The number of nitrogens with zero attached hydrogens (tertiary/aromatic N) is 1. The van der Waals surface area contributed by atoms with Crippen molar-refractivity contribution in [2.75, 3.05) is 4.72 Å². The largest absolute Gasteiger partial charge is 0.476 e. The molecule has 0 saturated heterocycles. The summed E-state index contributed by atoms with van der Waals surface area (Å²) >= 11 is 2.95. The maximum atomic E-state index is 13.4. The average Bonchev–Trinajstić information content (AvgIpc) is 2.76. The second kappa shape index (κ2) is 5.45. The van der Waals surface area contributed by atoms with E-state index in [1.807, 2.05) is 0 Å². The van der Waals surface area contributed by atoms with Gasteiger partial charge in [0.05, 0.1) is 15.9 Å². The summed E-state index contributed by atoms with van der Waals surface area (Å²) in [5.74, 6) is -2.14. The summed E-state index contributed by atoms with van der Waals surface area (Å²) in [6.07, 6.45) is 0. The minimum atomic E-state index is -4.21. The summed E-state index contributed by atoms with van der Waals surface area (Å²) in [7, 11) is -4.21. The number of H-pyrrole nitrogens is 1. The second-order valence-electron chi connectivity index (χ2n) is 4.07. The van der Waals surface area contributed by atoms with E-state index in [1.54, 1.807) is 0 Å². The van der Waals surface area contributed by atoms with Crippen molar-refractivity contribution in [3.8, 4) is 0 Å². The van der Waals surface area contributed by atoms with Crippen LogP contribution in [0.3, 0.4) is 0 Å². The number of sulfonamides is 1. The molecule has 0 unspecified atom stereocenters. The summed E-state index contributed by atoms with van der Waals surface area (Å²) in [5, 5.41) is 14.7. The fourth-order valence-corrected chi connectivity index (χ4v) is 3.28. The number of rotatable bonds is 4. The van der Waals surface area contributed by atoms with Gasteiger partial charge in [0.2, 0.25) is 0 Å². The zero-order valence-electron chi connectivity index (χ0n) is 10.5. The number of benzene rings is 1. The third-order valence-electron chi connectivity index (χ3n) is 2.53. The molecule has 0 amide bonds. The highest BCUT2D eigenvalue weighted by atomic mass is 79.9. The molecule has 0 spiro atoms. The van der Waals surface area contributed by atoms with Crippen molar-refractivity contribution >= 4 is 37.6 Å². The Balaban J connectivity index is 2.45. The monoisotopic (exact) mass is 377 g/mol. The molecule has 3 N–H and O–H groups in total. The normalized spacial score (nSPS) is 11.4. The molecule has 0 radical (unpaired) electrons. The van der Waals surface area contributed by atoms with Crippen LogP contribution in [0.2, 0.25) is 0 Å².